The number of hydrogen-bond donors (Lipinski definition) is 0. The molecule has 0 N–H and O–H groups in total. The number of carbonyl (C=O) groups excluding carboxylic acids is 1. The first kappa shape index (κ1) is 18.9. The molecule has 3 heterocycles. The van der Waals surface area contributed by atoms with E-state index in [1.165, 1.54) is 5.56 Å². The monoisotopic (exact) mass is 372 g/mol. The molecule has 0 radical (unpaired) electrons. The van der Waals surface area contributed by atoms with Crippen molar-refractivity contribution in [1.82, 2.24) is 9.80 Å². The van der Waals surface area contributed by atoms with Crippen LogP contribution in [0.4, 0.5) is 0 Å². The highest BCUT2D eigenvalue weighted by molar-refractivity contribution is 5.84. The van der Waals surface area contributed by atoms with Crippen molar-refractivity contribution in [3.8, 4) is 0 Å². The molecule has 148 valence electrons. The normalized spacial score (nSPS) is 27.6. The summed E-state index contributed by atoms with van der Waals surface area (Å²) in [5, 5.41) is 0. The molecule has 0 saturated carbocycles. The number of benzene rings is 1. The first-order chi connectivity index (χ1) is 13.3. The van der Waals surface area contributed by atoms with Crippen molar-refractivity contribution in [2.45, 2.75) is 44.8 Å². The number of likely N-dealkylation sites (tertiary alicyclic amines) is 2. The summed E-state index contributed by atoms with van der Waals surface area (Å²) < 4.78 is 11.3. The molecule has 3 saturated heterocycles. The van der Waals surface area contributed by atoms with Gasteiger partial charge in [-0.25, -0.2) is 0 Å². The topological polar surface area (TPSA) is 42.0 Å². The zero-order chi connectivity index (χ0) is 18.5. The molecular formula is C22H32N2O3. The van der Waals surface area contributed by atoms with Gasteiger partial charge in [-0.1, -0.05) is 30.3 Å². The molecule has 1 amide bonds. The highest BCUT2D eigenvalue weighted by atomic mass is 16.5. The van der Waals surface area contributed by atoms with Crippen molar-refractivity contribution in [3.05, 3.63) is 35.9 Å². The van der Waals surface area contributed by atoms with Crippen molar-refractivity contribution >= 4 is 5.91 Å². The van der Waals surface area contributed by atoms with Gasteiger partial charge in [0.1, 0.15) is 0 Å². The molecule has 0 bridgehead atoms. The molecule has 1 spiro atoms. The van der Waals surface area contributed by atoms with Crippen molar-refractivity contribution in [1.29, 1.82) is 0 Å². The quantitative estimate of drug-likeness (QED) is 0.720. The zero-order valence-electron chi connectivity index (χ0n) is 16.3. The van der Waals surface area contributed by atoms with Crippen LogP contribution in [0.2, 0.25) is 0 Å². The maximum atomic E-state index is 13.3. The minimum atomic E-state index is -0.143. The largest absolute Gasteiger partial charge is 0.381 e. The van der Waals surface area contributed by atoms with Crippen LogP contribution in [0.5, 0.6) is 0 Å². The van der Waals surface area contributed by atoms with E-state index in [4.69, 9.17) is 9.47 Å². The third kappa shape index (κ3) is 4.36. The maximum absolute atomic E-state index is 13.3. The van der Waals surface area contributed by atoms with Crippen LogP contribution >= 0.6 is 0 Å². The molecule has 0 aromatic heterocycles. The van der Waals surface area contributed by atoms with Crippen molar-refractivity contribution in [3.63, 3.8) is 0 Å². The lowest BCUT2D eigenvalue weighted by molar-refractivity contribution is -0.150. The fourth-order valence-electron chi connectivity index (χ4n) is 4.93. The van der Waals surface area contributed by atoms with Crippen molar-refractivity contribution < 1.29 is 14.3 Å². The minimum Gasteiger partial charge on any atom is -0.381 e. The Bertz CT molecular complexity index is 617. The van der Waals surface area contributed by atoms with Crippen LogP contribution in [0.3, 0.4) is 0 Å². The highest BCUT2D eigenvalue weighted by Gasteiger charge is 2.49. The van der Waals surface area contributed by atoms with Gasteiger partial charge in [0.25, 0.3) is 0 Å². The molecule has 3 aliphatic rings. The van der Waals surface area contributed by atoms with Crippen LogP contribution in [-0.4, -0.2) is 67.7 Å². The molecule has 4 rings (SSSR count). The molecule has 1 atom stereocenters. The number of hydrogen-bond acceptors (Lipinski definition) is 4. The summed E-state index contributed by atoms with van der Waals surface area (Å²) in [6.07, 6.45) is 5.19. The molecule has 1 aromatic carbocycles. The smallest absolute Gasteiger partial charge is 0.230 e. The van der Waals surface area contributed by atoms with Gasteiger partial charge in [0.15, 0.2) is 0 Å². The summed E-state index contributed by atoms with van der Waals surface area (Å²) in [5.74, 6) is 0.411. The minimum absolute atomic E-state index is 0.143. The Morgan fingerprint density at radius 1 is 1.11 bits per heavy atom. The Labute approximate surface area is 162 Å². The second kappa shape index (κ2) is 8.72. The van der Waals surface area contributed by atoms with Gasteiger partial charge in [0.05, 0.1) is 18.6 Å². The van der Waals surface area contributed by atoms with Crippen LogP contribution < -0.4 is 0 Å². The van der Waals surface area contributed by atoms with E-state index < -0.39 is 0 Å². The first-order valence-corrected chi connectivity index (χ1v) is 10.5. The third-order valence-electron chi connectivity index (χ3n) is 6.50. The van der Waals surface area contributed by atoms with E-state index in [1.54, 1.807) is 0 Å². The summed E-state index contributed by atoms with van der Waals surface area (Å²) in [4.78, 5) is 18.0. The third-order valence-corrected chi connectivity index (χ3v) is 6.50. The predicted molar refractivity (Wildman–Crippen MR) is 104 cm³/mol. The van der Waals surface area contributed by atoms with E-state index in [0.29, 0.717) is 18.6 Å². The van der Waals surface area contributed by atoms with Gasteiger partial charge in [-0.3, -0.25) is 9.69 Å². The van der Waals surface area contributed by atoms with E-state index >= 15 is 0 Å². The fraction of sp³-hybridized carbons (Fsp3) is 0.682. The molecule has 5 heteroatoms. The van der Waals surface area contributed by atoms with Gasteiger partial charge in [-0.15, -0.1) is 0 Å². The van der Waals surface area contributed by atoms with E-state index in [9.17, 15) is 4.79 Å². The average Bonchev–Trinajstić information content (AvgIpc) is 3.13. The fourth-order valence-corrected chi connectivity index (χ4v) is 4.93. The molecule has 3 fully saturated rings. The van der Waals surface area contributed by atoms with Gasteiger partial charge in [-0.2, -0.15) is 0 Å². The lowest BCUT2D eigenvalue weighted by Crippen LogP contribution is -2.54. The molecule has 5 nitrogen and oxygen atoms in total. The first-order valence-electron chi connectivity index (χ1n) is 10.5. The van der Waals surface area contributed by atoms with Crippen LogP contribution in [0, 0.1) is 5.41 Å². The Balaban J connectivity index is 1.26. The van der Waals surface area contributed by atoms with Gasteiger partial charge < -0.3 is 14.4 Å². The van der Waals surface area contributed by atoms with E-state index in [0.717, 1.165) is 78.1 Å². The van der Waals surface area contributed by atoms with Crippen molar-refractivity contribution in [2.75, 3.05) is 46.0 Å². The summed E-state index contributed by atoms with van der Waals surface area (Å²) in [7, 11) is 0. The second-order valence-electron chi connectivity index (χ2n) is 8.29. The van der Waals surface area contributed by atoms with Gasteiger partial charge in [-0.05, 0) is 44.2 Å². The maximum Gasteiger partial charge on any atom is 0.230 e. The van der Waals surface area contributed by atoms with Crippen LogP contribution in [-0.2, 0) is 20.9 Å². The number of piperidine rings is 1. The van der Waals surface area contributed by atoms with Gasteiger partial charge >= 0.3 is 0 Å². The van der Waals surface area contributed by atoms with Crippen molar-refractivity contribution in [2.24, 2.45) is 5.41 Å². The summed E-state index contributed by atoms with van der Waals surface area (Å²) in [6, 6.07) is 10.7. The SMILES string of the molecule is O=C1N(C2CCOCC2)CCC[C@]12CCN(CCOCc1ccccc1)C2. The molecule has 0 unspecified atom stereocenters. The molecule has 0 aliphatic carbocycles. The van der Waals surface area contributed by atoms with Gasteiger partial charge in [0, 0.05) is 38.9 Å². The number of nitrogens with zero attached hydrogens (tertiary/aromatic N) is 2. The summed E-state index contributed by atoms with van der Waals surface area (Å²) >= 11 is 0. The standard InChI is InChI=1S/C22H32N2O3/c25-21-22(9-4-11-24(21)20-7-14-26-15-8-20)10-12-23(18-22)13-16-27-17-19-5-2-1-3-6-19/h1-3,5-6,20H,4,7-18H2/t22-/m1/s1. The highest BCUT2D eigenvalue weighted by Crippen LogP contribution is 2.41. The number of carbonyl (C=O) groups is 1. The molecule has 3 aliphatic heterocycles. The van der Waals surface area contributed by atoms with Gasteiger partial charge in [0.2, 0.25) is 5.91 Å². The Morgan fingerprint density at radius 3 is 2.74 bits per heavy atom. The summed E-state index contributed by atoms with van der Waals surface area (Å²) in [5.41, 5.74) is 1.07. The van der Waals surface area contributed by atoms with Crippen LogP contribution in [0.15, 0.2) is 30.3 Å². The Kier molecular flexibility index (Phi) is 6.11. The Hall–Kier alpha value is -1.43. The summed E-state index contributed by atoms with van der Waals surface area (Å²) in [6.45, 7) is 6.75. The predicted octanol–water partition coefficient (Wildman–Crippen LogP) is 2.70. The average molecular weight is 373 g/mol. The van der Waals surface area contributed by atoms with Crippen LogP contribution in [0.25, 0.3) is 0 Å². The lowest BCUT2D eigenvalue weighted by Gasteiger charge is -2.44. The molecular weight excluding hydrogens is 340 g/mol. The van der Waals surface area contributed by atoms with E-state index in [1.807, 2.05) is 18.2 Å². The van der Waals surface area contributed by atoms with E-state index in [2.05, 4.69) is 21.9 Å². The molecule has 1 aromatic rings. The zero-order valence-corrected chi connectivity index (χ0v) is 16.3. The Morgan fingerprint density at radius 2 is 1.93 bits per heavy atom. The lowest BCUT2D eigenvalue weighted by atomic mass is 9.77. The van der Waals surface area contributed by atoms with Crippen LogP contribution in [0.1, 0.15) is 37.7 Å². The van der Waals surface area contributed by atoms with E-state index in [-0.39, 0.29) is 5.41 Å². The number of amides is 1. The molecule has 27 heavy (non-hydrogen) atoms. The number of rotatable bonds is 6. The second-order valence-corrected chi connectivity index (χ2v) is 8.29. The number of ether oxygens (including phenoxy) is 2.